The number of aliphatic carboxylic acids is 2. The van der Waals surface area contributed by atoms with Gasteiger partial charge in [-0.1, -0.05) is 6.08 Å². The molecule has 0 aromatic carbocycles. The van der Waals surface area contributed by atoms with Crippen molar-refractivity contribution >= 4 is 29.2 Å². The molecule has 11 heteroatoms. The maximum absolute atomic E-state index is 9.10. The van der Waals surface area contributed by atoms with E-state index in [0.29, 0.717) is 32.3 Å². The molecule has 2 rings (SSSR count). The van der Waals surface area contributed by atoms with Crippen molar-refractivity contribution in [3.63, 3.8) is 0 Å². The molecule has 0 fully saturated rings. The number of likely N-dealkylation sites (N-methyl/N-ethyl adjacent to an activating group) is 1. The van der Waals surface area contributed by atoms with Gasteiger partial charge in [0, 0.05) is 20.2 Å². The number of rotatable bonds is 8. The fraction of sp³-hybridized carbons (Fsp3) is 0.600. The Morgan fingerprint density at radius 1 is 1.19 bits per heavy atom. The Bertz CT molecular complexity index is 594. The van der Waals surface area contributed by atoms with Crippen molar-refractivity contribution in [2.75, 3.05) is 53.7 Å². The second-order valence-corrected chi connectivity index (χ2v) is 5.77. The Balaban J connectivity index is 0.000000487. The van der Waals surface area contributed by atoms with Crippen molar-refractivity contribution < 1.29 is 34.0 Å². The van der Waals surface area contributed by atoms with E-state index in [-0.39, 0.29) is 0 Å². The number of carboxylic acid groups (broad SMARTS) is 2. The van der Waals surface area contributed by atoms with Gasteiger partial charge in [-0.3, -0.25) is 0 Å². The van der Waals surface area contributed by atoms with Gasteiger partial charge in [0.05, 0.1) is 31.5 Å². The van der Waals surface area contributed by atoms with Crippen LogP contribution in [0.15, 0.2) is 6.08 Å². The third-order valence-corrected chi connectivity index (χ3v) is 3.70. The second-order valence-electron chi connectivity index (χ2n) is 5.24. The van der Waals surface area contributed by atoms with Gasteiger partial charge in [-0.15, -0.1) is 4.37 Å². The van der Waals surface area contributed by atoms with E-state index in [9.17, 15) is 0 Å². The third kappa shape index (κ3) is 8.34. The molecule has 0 bridgehead atoms. The summed E-state index contributed by atoms with van der Waals surface area (Å²) in [5, 5.41) is 14.8. The molecule has 1 aromatic heterocycles. The lowest BCUT2D eigenvalue weighted by molar-refractivity contribution is -0.159. The molecular formula is C15H23N3O7S. The molecule has 0 spiro atoms. The lowest BCUT2D eigenvalue weighted by Crippen LogP contribution is -2.25. The second kappa shape index (κ2) is 12.3. The Morgan fingerprint density at radius 2 is 1.88 bits per heavy atom. The molecule has 26 heavy (non-hydrogen) atoms. The number of carbonyl (C=O) groups is 2. The predicted molar refractivity (Wildman–Crippen MR) is 93.5 cm³/mol. The SMILES string of the molecule is COCCOCCOc1nsnc1C1=CCCN(C)C1.O=C(O)C(=O)O. The number of carboxylic acids is 2. The molecule has 0 amide bonds. The van der Waals surface area contributed by atoms with E-state index < -0.39 is 11.9 Å². The zero-order valence-electron chi connectivity index (χ0n) is 14.7. The van der Waals surface area contributed by atoms with Crippen LogP contribution in [0.25, 0.3) is 5.57 Å². The van der Waals surface area contributed by atoms with Gasteiger partial charge >= 0.3 is 11.9 Å². The highest BCUT2D eigenvalue weighted by Crippen LogP contribution is 2.26. The normalized spacial score (nSPS) is 14.2. The fourth-order valence-corrected chi connectivity index (χ4v) is 2.51. The van der Waals surface area contributed by atoms with Crippen LogP contribution in [0.1, 0.15) is 12.1 Å². The van der Waals surface area contributed by atoms with Gasteiger partial charge in [0.15, 0.2) is 0 Å². The van der Waals surface area contributed by atoms with Crippen LogP contribution in [-0.4, -0.2) is 89.5 Å². The predicted octanol–water partition coefficient (Wildman–Crippen LogP) is 0.454. The number of hydrogen-bond donors (Lipinski definition) is 2. The summed E-state index contributed by atoms with van der Waals surface area (Å²) in [6.07, 6.45) is 3.27. The van der Waals surface area contributed by atoms with E-state index in [1.807, 2.05) is 0 Å². The van der Waals surface area contributed by atoms with Crippen molar-refractivity contribution in [3.8, 4) is 5.88 Å². The molecule has 0 aliphatic carbocycles. The molecular weight excluding hydrogens is 366 g/mol. The summed E-state index contributed by atoms with van der Waals surface area (Å²) in [5.74, 6) is -3.03. The van der Waals surface area contributed by atoms with E-state index in [1.165, 1.54) is 17.3 Å². The monoisotopic (exact) mass is 389 g/mol. The Hall–Kier alpha value is -2.08. The summed E-state index contributed by atoms with van der Waals surface area (Å²) >= 11 is 1.19. The third-order valence-electron chi connectivity index (χ3n) is 3.19. The molecule has 2 heterocycles. The molecule has 0 saturated carbocycles. The van der Waals surface area contributed by atoms with Crippen LogP contribution in [0.5, 0.6) is 5.88 Å². The first-order valence-corrected chi connectivity index (χ1v) is 8.55. The van der Waals surface area contributed by atoms with Crippen molar-refractivity contribution in [2.24, 2.45) is 0 Å². The van der Waals surface area contributed by atoms with Crippen LogP contribution < -0.4 is 4.74 Å². The quantitative estimate of drug-likeness (QED) is 0.477. The molecule has 1 aliphatic rings. The Kier molecular flexibility index (Phi) is 10.4. The average Bonchev–Trinajstić information content (AvgIpc) is 3.07. The first kappa shape index (κ1) is 22.0. The lowest BCUT2D eigenvalue weighted by atomic mass is 10.1. The first-order chi connectivity index (χ1) is 12.5. The molecule has 0 radical (unpaired) electrons. The molecule has 146 valence electrons. The van der Waals surface area contributed by atoms with Gasteiger partial charge in [0.25, 0.3) is 5.88 Å². The van der Waals surface area contributed by atoms with E-state index >= 15 is 0 Å². The van der Waals surface area contributed by atoms with E-state index in [2.05, 4.69) is 26.8 Å². The number of nitrogens with zero attached hydrogens (tertiary/aromatic N) is 3. The lowest BCUT2D eigenvalue weighted by Gasteiger charge is -2.22. The van der Waals surface area contributed by atoms with E-state index in [4.69, 9.17) is 34.0 Å². The number of ether oxygens (including phenoxy) is 3. The van der Waals surface area contributed by atoms with Crippen LogP contribution in [-0.2, 0) is 19.1 Å². The van der Waals surface area contributed by atoms with Gasteiger partial charge < -0.3 is 29.3 Å². The van der Waals surface area contributed by atoms with Gasteiger partial charge in [0.2, 0.25) is 0 Å². The topological polar surface area (TPSA) is 131 Å². The van der Waals surface area contributed by atoms with Crippen molar-refractivity contribution in [3.05, 3.63) is 11.8 Å². The summed E-state index contributed by atoms with van der Waals surface area (Å²) in [4.78, 5) is 20.5. The smallest absolute Gasteiger partial charge is 0.414 e. The minimum Gasteiger partial charge on any atom is -0.473 e. The maximum Gasteiger partial charge on any atom is 0.414 e. The standard InChI is InChI=1S/C13H21N3O3S.C2H2O4/c1-16-5-3-4-11(10-16)12-13(15-20-14-12)19-9-8-18-7-6-17-2;3-1(4)2(5)6/h4H,3,5-10H2,1-2H3;(H,3,4)(H,5,6). The van der Waals surface area contributed by atoms with E-state index in [0.717, 1.165) is 25.2 Å². The molecule has 0 atom stereocenters. The molecule has 10 nitrogen and oxygen atoms in total. The zero-order valence-corrected chi connectivity index (χ0v) is 15.5. The maximum atomic E-state index is 9.10. The summed E-state index contributed by atoms with van der Waals surface area (Å²) in [5.41, 5.74) is 2.07. The summed E-state index contributed by atoms with van der Waals surface area (Å²) in [7, 11) is 3.76. The van der Waals surface area contributed by atoms with Gasteiger partial charge in [-0.2, -0.15) is 4.37 Å². The fourth-order valence-electron chi connectivity index (χ4n) is 1.98. The molecule has 2 N–H and O–H groups in total. The highest BCUT2D eigenvalue weighted by atomic mass is 32.1. The molecule has 0 saturated heterocycles. The average molecular weight is 389 g/mol. The van der Waals surface area contributed by atoms with Gasteiger partial charge in [0.1, 0.15) is 12.3 Å². The van der Waals surface area contributed by atoms with Crippen LogP contribution in [0.2, 0.25) is 0 Å². The summed E-state index contributed by atoms with van der Waals surface area (Å²) < 4.78 is 24.5. The Morgan fingerprint density at radius 3 is 2.50 bits per heavy atom. The first-order valence-electron chi connectivity index (χ1n) is 7.82. The van der Waals surface area contributed by atoms with Crippen molar-refractivity contribution in [2.45, 2.75) is 6.42 Å². The largest absolute Gasteiger partial charge is 0.473 e. The van der Waals surface area contributed by atoms with Crippen LogP contribution in [0.4, 0.5) is 0 Å². The van der Waals surface area contributed by atoms with Gasteiger partial charge in [-0.05, 0) is 19.0 Å². The van der Waals surface area contributed by atoms with Crippen LogP contribution in [0.3, 0.4) is 0 Å². The summed E-state index contributed by atoms with van der Waals surface area (Å²) in [6.45, 7) is 4.17. The highest BCUT2D eigenvalue weighted by Gasteiger charge is 2.18. The minimum absolute atomic E-state index is 0.477. The van der Waals surface area contributed by atoms with Crippen LogP contribution >= 0.6 is 11.7 Å². The minimum atomic E-state index is -1.82. The number of hydrogen-bond acceptors (Lipinski definition) is 9. The highest BCUT2D eigenvalue weighted by molar-refractivity contribution is 6.99. The van der Waals surface area contributed by atoms with Gasteiger partial charge in [-0.25, -0.2) is 9.59 Å². The molecule has 1 aliphatic heterocycles. The van der Waals surface area contributed by atoms with Crippen molar-refractivity contribution in [1.29, 1.82) is 0 Å². The Labute approximate surface area is 155 Å². The van der Waals surface area contributed by atoms with Crippen molar-refractivity contribution in [1.82, 2.24) is 13.6 Å². The van der Waals surface area contributed by atoms with Crippen LogP contribution in [0, 0.1) is 0 Å². The summed E-state index contributed by atoms with van der Waals surface area (Å²) in [6, 6.07) is 0. The zero-order chi connectivity index (χ0) is 19.4. The number of aromatic nitrogens is 2. The number of methoxy groups -OCH3 is 1. The molecule has 0 unspecified atom stereocenters. The molecule has 1 aromatic rings. The van der Waals surface area contributed by atoms with E-state index in [1.54, 1.807) is 7.11 Å².